The van der Waals surface area contributed by atoms with Crippen LogP contribution in [-0.4, -0.2) is 90.0 Å². The average Bonchev–Trinajstić information content (AvgIpc) is 2.76. The molecule has 31 heavy (non-hydrogen) atoms. The van der Waals surface area contributed by atoms with Gasteiger partial charge in [-0.25, -0.2) is 13.1 Å². The Bertz CT molecular complexity index is 799. The van der Waals surface area contributed by atoms with Crippen molar-refractivity contribution in [3.63, 3.8) is 0 Å². The summed E-state index contributed by atoms with van der Waals surface area (Å²) in [5.74, 6) is 2.59. The molecule has 0 saturated carbocycles. The minimum atomic E-state index is -3.18. The lowest BCUT2D eigenvalue weighted by molar-refractivity contribution is 0.171. The predicted molar refractivity (Wildman–Crippen MR) is 135 cm³/mol. The van der Waals surface area contributed by atoms with Crippen LogP contribution < -0.4 is 19.5 Å². The van der Waals surface area contributed by atoms with E-state index < -0.39 is 10.0 Å². The van der Waals surface area contributed by atoms with E-state index in [4.69, 9.17) is 9.47 Å². The fraction of sp³-hybridized carbons (Fsp3) is 0.650. The molecule has 0 aromatic heterocycles. The quantitative estimate of drug-likeness (QED) is 0.190. The summed E-state index contributed by atoms with van der Waals surface area (Å²) in [6, 6.07) is 5.86. The van der Waals surface area contributed by atoms with Crippen molar-refractivity contribution >= 4 is 40.0 Å². The number of rotatable bonds is 10. The number of hydrogen-bond donors (Lipinski definition) is 2. The molecule has 1 saturated heterocycles. The number of ether oxygens (including phenoxy) is 2. The van der Waals surface area contributed by atoms with E-state index in [2.05, 4.69) is 24.8 Å². The lowest BCUT2D eigenvalue weighted by Gasteiger charge is -2.36. The van der Waals surface area contributed by atoms with Gasteiger partial charge in [0.1, 0.15) is 11.5 Å². The third kappa shape index (κ3) is 8.99. The van der Waals surface area contributed by atoms with Gasteiger partial charge in [0.05, 0.1) is 26.5 Å². The Balaban J connectivity index is 0.00000480. The molecule has 0 aliphatic carbocycles. The molecular formula is C20H36IN5O4S. The first kappa shape index (κ1) is 27.7. The van der Waals surface area contributed by atoms with Gasteiger partial charge in [-0.15, -0.1) is 24.0 Å². The minimum Gasteiger partial charge on any atom is -0.497 e. The molecule has 1 aromatic carbocycles. The van der Waals surface area contributed by atoms with E-state index in [0.29, 0.717) is 13.1 Å². The number of sulfonamides is 1. The van der Waals surface area contributed by atoms with Crippen LogP contribution in [0.2, 0.25) is 0 Å². The van der Waals surface area contributed by atoms with Gasteiger partial charge in [-0.1, -0.05) is 0 Å². The molecule has 2 N–H and O–H groups in total. The molecule has 2 rings (SSSR count). The Morgan fingerprint density at radius 2 is 1.84 bits per heavy atom. The molecule has 0 atom stereocenters. The van der Waals surface area contributed by atoms with Crippen LogP contribution >= 0.6 is 24.0 Å². The smallest absolute Gasteiger partial charge is 0.211 e. The molecule has 1 aliphatic heterocycles. The van der Waals surface area contributed by atoms with E-state index in [1.165, 1.54) is 0 Å². The molecule has 9 nitrogen and oxygen atoms in total. The molecule has 1 heterocycles. The number of hydrogen-bond acceptors (Lipinski definition) is 6. The minimum absolute atomic E-state index is 0. The predicted octanol–water partition coefficient (Wildman–Crippen LogP) is 1.34. The Kier molecular flexibility index (Phi) is 12.5. The number of nitrogens with zero attached hydrogens (tertiary/aromatic N) is 3. The van der Waals surface area contributed by atoms with E-state index in [1.807, 2.05) is 25.1 Å². The highest BCUT2D eigenvalue weighted by atomic mass is 127. The summed E-state index contributed by atoms with van der Waals surface area (Å²) in [4.78, 5) is 9.18. The molecule has 178 valence electrons. The number of methoxy groups -OCH3 is 2. The maximum atomic E-state index is 11.5. The van der Waals surface area contributed by atoms with Crippen LogP contribution in [0.25, 0.3) is 0 Å². The van der Waals surface area contributed by atoms with E-state index in [-0.39, 0.29) is 29.7 Å². The normalized spacial score (nSPS) is 15.4. The van der Waals surface area contributed by atoms with Gasteiger partial charge in [0.25, 0.3) is 0 Å². The van der Waals surface area contributed by atoms with Gasteiger partial charge in [-0.05, 0) is 32.0 Å². The van der Waals surface area contributed by atoms with Crippen molar-refractivity contribution in [2.75, 3.05) is 65.8 Å². The molecule has 1 aliphatic rings. The number of piperazine rings is 1. The molecule has 0 spiro atoms. The molecule has 0 bridgehead atoms. The first-order valence-electron chi connectivity index (χ1n) is 10.4. The van der Waals surface area contributed by atoms with Crippen molar-refractivity contribution in [3.05, 3.63) is 23.8 Å². The lowest BCUT2D eigenvalue weighted by atomic mass is 10.1. The van der Waals surface area contributed by atoms with Crippen LogP contribution in [0.1, 0.15) is 19.4 Å². The molecular weight excluding hydrogens is 533 g/mol. The van der Waals surface area contributed by atoms with Gasteiger partial charge in [0.15, 0.2) is 5.96 Å². The number of halogens is 1. The molecule has 1 fully saturated rings. The van der Waals surface area contributed by atoms with Gasteiger partial charge in [-0.3, -0.25) is 9.89 Å². The Morgan fingerprint density at radius 1 is 1.13 bits per heavy atom. The highest BCUT2D eigenvalue weighted by molar-refractivity contribution is 14.0. The van der Waals surface area contributed by atoms with Crippen LogP contribution in [0.4, 0.5) is 0 Å². The fourth-order valence-electron chi connectivity index (χ4n) is 3.26. The first-order chi connectivity index (χ1) is 14.4. The van der Waals surface area contributed by atoms with Crippen molar-refractivity contribution in [3.8, 4) is 11.5 Å². The zero-order valence-electron chi connectivity index (χ0n) is 18.9. The van der Waals surface area contributed by atoms with Crippen molar-refractivity contribution in [1.29, 1.82) is 0 Å². The number of aliphatic imine (C=N–C) groups is 1. The zero-order chi connectivity index (χ0) is 22.0. The third-order valence-electron chi connectivity index (χ3n) is 4.96. The molecule has 1 aromatic rings. The van der Waals surface area contributed by atoms with Gasteiger partial charge in [-0.2, -0.15) is 0 Å². The maximum Gasteiger partial charge on any atom is 0.211 e. The van der Waals surface area contributed by atoms with Crippen LogP contribution in [0.15, 0.2) is 23.2 Å². The lowest BCUT2D eigenvalue weighted by Crippen LogP contribution is -2.52. The van der Waals surface area contributed by atoms with E-state index in [9.17, 15) is 8.42 Å². The molecule has 0 amide bonds. The monoisotopic (exact) mass is 569 g/mol. The van der Waals surface area contributed by atoms with Crippen molar-refractivity contribution in [2.45, 2.75) is 20.4 Å². The van der Waals surface area contributed by atoms with Gasteiger partial charge in [0, 0.05) is 51.4 Å². The molecule has 11 heteroatoms. The zero-order valence-corrected chi connectivity index (χ0v) is 22.0. The average molecular weight is 570 g/mol. The summed E-state index contributed by atoms with van der Waals surface area (Å²) >= 11 is 0. The highest BCUT2D eigenvalue weighted by Crippen LogP contribution is 2.25. The standard InChI is InChI=1S/C20H35N5O4S.HI/c1-5-21-20(22-9-10-23-30(26,27)6-2)25-13-11-24(12-14-25)16-17-15-18(28-3)7-8-19(17)29-4;/h7-8,15,23H,5-6,9-14,16H2,1-4H3,(H,21,22);1H. The van der Waals surface area contributed by atoms with Crippen molar-refractivity contribution in [1.82, 2.24) is 19.8 Å². The summed E-state index contributed by atoms with van der Waals surface area (Å²) in [7, 11) is 0.168. The highest BCUT2D eigenvalue weighted by Gasteiger charge is 2.21. The van der Waals surface area contributed by atoms with Crippen LogP contribution in [0.3, 0.4) is 0 Å². The second kappa shape index (κ2) is 14.0. The summed E-state index contributed by atoms with van der Waals surface area (Å²) in [5.41, 5.74) is 1.11. The van der Waals surface area contributed by atoms with Crippen LogP contribution in [0.5, 0.6) is 11.5 Å². The summed E-state index contributed by atoms with van der Waals surface area (Å²) in [5, 5.41) is 3.31. The Labute approximate surface area is 203 Å². The van der Waals surface area contributed by atoms with Crippen LogP contribution in [-0.2, 0) is 16.6 Å². The second-order valence-electron chi connectivity index (χ2n) is 6.97. The topological polar surface area (TPSA) is 95.5 Å². The SMILES string of the molecule is CCNC(=NCCNS(=O)(=O)CC)N1CCN(Cc2cc(OC)ccc2OC)CC1.I. The summed E-state index contributed by atoms with van der Waals surface area (Å²) in [6.07, 6.45) is 0. The Hall–Kier alpha value is -1.31. The van der Waals surface area contributed by atoms with Crippen molar-refractivity contribution in [2.24, 2.45) is 4.99 Å². The third-order valence-corrected chi connectivity index (χ3v) is 6.37. The fourth-order valence-corrected chi connectivity index (χ4v) is 3.86. The molecule has 0 radical (unpaired) electrons. The van der Waals surface area contributed by atoms with E-state index >= 15 is 0 Å². The van der Waals surface area contributed by atoms with Crippen molar-refractivity contribution < 1.29 is 17.9 Å². The van der Waals surface area contributed by atoms with E-state index in [0.717, 1.165) is 62.3 Å². The second-order valence-corrected chi connectivity index (χ2v) is 9.07. The number of nitrogens with one attached hydrogen (secondary N) is 2. The van der Waals surface area contributed by atoms with Crippen LogP contribution in [0, 0.1) is 0 Å². The number of benzene rings is 1. The van der Waals surface area contributed by atoms with Gasteiger partial charge >= 0.3 is 0 Å². The summed E-state index contributed by atoms with van der Waals surface area (Å²) < 4.78 is 36.5. The number of guanidine groups is 1. The van der Waals surface area contributed by atoms with E-state index in [1.54, 1.807) is 21.1 Å². The Morgan fingerprint density at radius 3 is 2.42 bits per heavy atom. The largest absolute Gasteiger partial charge is 0.497 e. The summed E-state index contributed by atoms with van der Waals surface area (Å²) in [6.45, 7) is 9.40. The first-order valence-corrected chi connectivity index (χ1v) is 12.0. The molecule has 0 unspecified atom stereocenters. The van der Waals surface area contributed by atoms with Gasteiger partial charge < -0.3 is 19.7 Å². The maximum absolute atomic E-state index is 11.5. The van der Waals surface area contributed by atoms with Gasteiger partial charge in [0.2, 0.25) is 10.0 Å².